The van der Waals surface area contributed by atoms with Gasteiger partial charge in [0.1, 0.15) is 5.82 Å². The van der Waals surface area contributed by atoms with Crippen LogP contribution < -0.4 is 0 Å². The van der Waals surface area contributed by atoms with Crippen molar-refractivity contribution in [1.29, 1.82) is 0 Å². The maximum absolute atomic E-state index is 4.87. The molecule has 0 aliphatic heterocycles. The van der Waals surface area contributed by atoms with E-state index in [1.54, 1.807) is 4.68 Å². The van der Waals surface area contributed by atoms with Gasteiger partial charge in [-0.25, -0.2) is 4.98 Å². The van der Waals surface area contributed by atoms with Gasteiger partial charge in [0.05, 0.1) is 5.69 Å². The molecule has 0 bridgehead atoms. The molecule has 0 amide bonds. The van der Waals surface area contributed by atoms with Gasteiger partial charge in [-0.3, -0.25) is 9.36 Å². The maximum Gasteiger partial charge on any atom is 0.151 e. The fourth-order valence-corrected chi connectivity index (χ4v) is 2.77. The van der Waals surface area contributed by atoms with Crippen molar-refractivity contribution in [2.24, 2.45) is 25.9 Å². The van der Waals surface area contributed by atoms with Crippen molar-refractivity contribution in [3.8, 4) is 0 Å². The Hall–Kier alpha value is -1.72. The lowest BCUT2D eigenvalue weighted by atomic mass is 9.76. The summed E-state index contributed by atoms with van der Waals surface area (Å²) >= 11 is 0. The van der Waals surface area contributed by atoms with Crippen molar-refractivity contribution in [1.82, 2.24) is 29.8 Å². The third-order valence-corrected chi connectivity index (χ3v) is 5.81. The molecule has 2 aromatic heterocycles. The quantitative estimate of drug-likeness (QED) is 0.816. The van der Waals surface area contributed by atoms with Crippen molar-refractivity contribution < 1.29 is 0 Å². The van der Waals surface area contributed by atoms with Gasteiger partial charge in [-0.05, 0) is 11.8 Å². The molecular formula is C18H32N6. The van der Waals surface area contributed by atoms with E-state index < -0.39 is 0 Å². The van der Waals surface area contributed by atoms with Gasteiger partial charge in [-0.1, -0.05) is 53.7 Å². The molecule has 0 N–H and O–H groups in total. The molecule has 0 saturated carbocycles. The fourth-order valence-electron chi connectivity index (χ4n) is 2.77. The van der Waals surface area contributed by atoms with Crippen LogP contribution in [0.3, 0.4) is 0 Å². The molecule has 6 heteroatoms. The molecule has 0 aromatic carbocycles. The Bertz CT molecular complexity index is 692. The van der Waals surface area contributed by atoms with Crippen LogP contribution in [0.2, 0.25) is 0 Å². The van der Waals surface area contributed by atoms with Crippen LogP contribution >= 0.6 is 0 Å². The molecule has 6 nitrogen and oxygen atoms in total. The highest BCUT2D eigenvalue weighted by Crippen LogP contribution is 2.33. The summed E-state index contributed by atoms with van der Waals surface area (Å²) in [5, 5.41) is 13.1. The number of nitrogens with zero attached hydrogens (tertiary/aromatic N) is 6. The van der Waals surface area contributed by atoms with Crippen molar-refractivity contribution >= 4 is 0 Å². The standard InChI is InChI=1S/C18H32N6/c1-12(2)17(4,5)16-19-15(21-24(16)9)10-13(3)18(6,7)14-11-23(8)22-20-14/h11-13H,10H2,1-9H3. The Morgan fingerprint density at radius 1 is 1.04 bits per heavy atom. The first kappa shape index (κ1) is 18.6. The van der Waals surface area contributed by atoms with Crippen LogP contribution in [0.15, 0.2) is 6.20 Å². The summed E-state index contributed by atoms with van der Waals surface area (Å²) < 4.78 is 3.70. The molecule has 0 aliphatic rings. The molecular weight excluding hydrogens is 300 g/mol. The summed E-state index contributed by atoms with van der Waals surface area (Å²) in [5.74, 6) is 2.82. The van der Waals surface area contributed by atoms with E-state index in [1.807, 2.05) is 25.0 Å². The fraction of sp³-hybridized carbons (Fsp3) is 0.778. The van der Waals surface area contributed by atoms with Gasteiger partial charge < -0.3 is 0 Å². The van der Waals surface area contributed by atoms with Gasteiger partial charge in [0, 0.05) is 37.5 Å². The summed E-state index contributed by atoms with van der Waals surface area (Å²) in [6.07, 6.45) is 2.82. The number of rotatable bonds is 6. The summed E-state index contributed by atoms with van der Waals surface area (Å²) in [6, 6.07) is 0. The molecule has 0 saturated heterocycles. The van der Waals surface area contributed by atoms with Crippen molar-refractivity contribution in [2.45, 2.75) is 65.7 Å². The van der Waals surface area contributed by atoms with Crippen LogP contribution in [0, 0.1) is 11.8 Å². The Labute approximate surface area is 145 Å². The van der Waals surface area contributed by atoms with Gasteiger partial charge in [-0.2, -0.15) is 5.10 Å². The van der Waals surface area contributed by atoms with Crippen molar-refractivity contribution in [3.05, 3.63) is 23.5 Å². The molecule has 1 unspecified atom stereocenters. The third kappa shape index (κ3) is 3.37. The molecule has 2 rings (SSSR count). The van der Waals surface area contributed by atoms with Crippen molar-refractivity contribution in [3.63, 3.8) is 0 Å². The van der Waals surface area contributed by atoms with Gasteiger partial charge >= 0.3 is 0 Å². The Morgan fingerprint density at radius 2 is 1.67 bits per heavy atom. The van der Waals surface area contributed by atoms with E-state index >= 15 is 0 Å². The normalized spacial score (nSPS) is 14.4. The third-order valence-electron chi connectivity index (χ3n) is 5.81. The van der Waals surface area contributed by atoms with Crippen LogP contribution in [-0.2, 0) is 31.3 Å². The maximum atomic E-state index is 4.87. The van der Waals surface area contributed by atoms with E-state index in [0.29, 0.717) is 11.8 Å². The lowest BCUT2D eigenvalue weighted by Gasteiger charge is -2.29. The zero-order valence-electron chi connectivity index (χ0n) is 16.6. The Morgan fingerprint density at radius 3 is 2.17 bits per heavy atom. The molecule has 0 radical (unpaired) electrons. The first-order chi connectivity index (χ1) is 11.0. The lowest BCUT2D eigenvalue weighted by Crippen LogP contribution is -2.29. The number of hydrogen-bond donors (Lipinski definition) is 0. The predicted molar refractivity (Wildman–Crippen MR) is 95.8 cm³/mol. The zero-order chi connectivity index (χ0) is 18.3. The lowest BCUT2D eigenvalue weighted by molar-refractivity contribution is 0.327. The van der Waals surface area contributed by atoms with E-state index in [0.717, 1.165) is 23.8 Å². The second-order valence-electron chi connectivity index (χ2n) is 8.46. The molecule has 0 spiro atoms. The first-order valence-electron chi connectivity index (χ1n) is 8.73. The van der Waals surface area contributed by atoms with E-state index in [-0.39, 0.29) is 10.8 Å². The van der Waals surface area contributed by atoms with Crippen LogP contribution in [0.4, 0.5) is 0 Å². The minimum atomic E-state index is -0.0822. The van der Waals surface area contributed by atoms with E-state index in [4.69, 9.17) is 4.98 Å². The topological polar surface area (TPSA) is 61.4 Å². The molecule has 1 atom stereocenters. The predicted octanol–water partition coefficient (Wildman–Crippen LogP) is 3.03. The highest BCUT2D eigenvalue weighted by Gasteiger charge is 2.34. The number of aryl methyl sites for hydroxylation is 2. The first-order valence-corrected chi connectivity index (χ1v) is 8.73. The minimum Gasteiger partial charge on any atom is -0.255 e. The molecule has 2 heterocycles. The minimum absolute atomic E-state index is 0.00363. The molecule has 24 heavy (non-hydrogen) atoms. The number of hydrogen-bond acceptors (Lipinski definition) is 4. The van der Waals surface area contributed by atoms with Crippen LogP contribution in [0.5, 0.6) is 0 Å². The van der Waals surface area contributed by atoms with E-state index in [2.05, 4.69) is 63.9 Å². The average Bonchev–Trinajstić information content (AvgIpc) is 3.05. The zero-order valence-corrected chi connectivity index (χ0v) is 16.6. The van der Waals surface area contributed by atoms with E-state index in [1.165, 1.54) is 0 Å². The summed E-state index contributed by atoms with van der Waals surface area (Å²) in [5.41, 5.74) is 0.932. The average molecular weight is 332 g/mol. The van der Waals surface area contributed by atoms with Gasteiger partial charge in [0.25, 0.3) is 0 Å². The SMILES string of the molecule is CC(C)C(C)(C)c1nc(CC(C)C(C)(C)c2cn(C)nn2)nn1C. The summed E-state index contributed by atoms with van der Waals surface area (Å²) in [4.78, 5) is 4.87. The molecule has 134 valence electrons. The molecule has 0 aliphatic carbocycles. The second kappa shape index (κ2) is 6.30. The van der Waals surface area contributed by atoms with E-state index in [9.17, 15) is 0 Å². The number of aromatic nitrogens is 6. The van der Waals surface area contributed by atoms with Crippen LogP contribution in [0.25, 0.3) is 0 Å². The van der Waals surface area contributed by atoms with Gasteiger partial charge in [-0.15, -0.1) is 5.10 Å². The van der Waals surface area contributed by atoms with Gasteiger partial charge in [0.2, 0.25) is 0 Å². The van der Waals surface area contributed by atoms with Crippen molar-refractivity contribution in [2.75, 3.05) is 0 Å². The molecule has 2 aromatic rings. The second-order valence-corrected chi connectivity index (χ2v) is 8.46. The Kier molecular flexibility index (Phi) is 4.88. The monoisotopic (exact) mass is 332 g/mol. The highest BCUT2D eigenvalue weighted by atomic mass is 15.4. The smallest absolute Gasteiger partial charge is 0.151 e. The highest BCUT2D eigenvalue weighted by molar-refractivity contribution is 5.13. The summed E-state index contributed by atoms with van der Waals surface area (Å²) in [7, 11) is 3.90. The van der Waals surface area contributed by atoms with Gasteiger partial charge in [0.15, 0.2) is 5.82 Å². The summed E-state index contributed by atoms with van der Waals surface area (Å²) in [6.45, 7) is 15.6. The van der Waals surface area contributed by atoms with Crippen LogP contribution in [-0.4, -0.2) is 29.8 Å². The Balaban J connectivity index is 2.22. The van der Waals surface area contributed by atoms with Crippen LogP contribution in [0.1, 0.15) is 65.8 Å². The largest absolute Gasteiger partial charge is 0.255 e. The molecule has 0 fully saturated rings.